The predicted molar refractivity (Wildman–Crippen MR) is 113 cm³/mol. The Kier molecular flexibility index (Phi) is 3.33. The van der Waals surface area contributed by atoms with Crippen LogP contribution in [0.1, 0.15) is 48.2 Å². The summed E-state index contributed by atoms with van der Waals surface area (Å²) in [5, 5.41) is 1.14. The first-order valence-corrected chi connectivity index (χ1v) is 10.5. The van der Waals surface area contributed by atoms with Crippen LogP contribution in [-0.2, 0) is 28.9 Å². The number of nitrogens with zero attached hydrogens (tertiary/aromatic N) is 2. The molecular weight excluding hydrogens is 379 g/mol. The Balaban J connectivity index is 1.63. The molecule has 0 N–H and O–H groups in total. The van der Waals surface area contributed by atoms with E-state index < -0.39 is 5.41 Å². The van der Waals surface area contributed by atoms with Gasteiger partial charge < -0.3 is 9.64 Å². The number of ether oxygens (including phenoxy) is 1. The van der Waals surface area contributed by atoms with E-state index in [1.54, 1.807) is 6.07 Å². The van der Waals surface area contributed by atoms with Crippen LogP contribution in [0.3, 0.4) is 0 Å². The van der Waals surface area contributed by atoms with Gasteiger partial charge in [-0.15, -0.1) is 0 Å². The Morgan fingerprint density at radius 2 is 2.00 bits per heavy atom. The van der Waals surface area contributed by atoms with E-state index in [0.717, 1.165) is 69.5 Å². The number of aromatic nitrogens is 1. The molecule has 1 aromatic heterocycles. The van der Waals surface area contributed by atoms with Crippen molar-refractivity contribution in [3.8, 4) is 0 Å². The Bertz CT molecular complexity index is 1280. The molecule has 2 aromatic rings. The third-order valence-corrected chi connectivity index (χ3v) is 7.33. The minimum Gasteiger partial charge on any atom is -0.460 e. The van der Waals surface area contributed by atoms with Crippen molar-refractivity contribution < 1.29 is 13.9 Å². The summed E-state index contributed by atoms with van der Waals surface area (Å²) in [6.07, 6.45) is 4.98. The predicted octanol–water partition coefficient (Wildman–Crippen LogP) is 4.73. The summed E-state index contributed by atoms with van der Waals surface area (Å²) in [4.78, 5) is 19.6. The van der Waals surface area contributed by atoms with Crippen molar-refractivity contribution >= 4 is 22.6 Å². The Labute approximate surface area is 174 Å². The molecule has 6 rings (SSSR count). The van der Waals surface area contributed by atoms with E-state index in [1.807, 2.05) is 20.8 Å². The van der Waals surface area contributed by atoms with Crippen LogP contribution in [0.25, 0.3) is 16.6 Å². The maximum absolute atomic E-state index is 14.6. The molecule has 0 amide bonds. The second-order valence-corrected chi connectivity index (χ2v) is 9.28. The highest BCUT2D eigenvalue weighted by Gasteiger charge is 2.44. The lowest BCUT2D eigenvalue weighted by Crippen LogP contribution is -2.38. The van der Waals surface area contributed by atoms with Gasteiger partial charge in [-0.1, -0.05) is 6.58 Å². The van der Waals surface area contributed by atoms with Crippen LogP contribution < -0.4 is 0 Å². The number of benzene rings is 1. The first-order chi connectivity index (χ1) is 14.3. The molecule has 4 heterocycles. The van der Waals surface area contributed by atoms with Crippen molar-refractivity contribution in [1.82, 2.24) is 9.88 Å². The van der Waals surface area contributed by atoms with Crippen LogP contribution >= 0.6 is 0 Å². The zero-order valence-corrected chi connectivity index (χ0v) is 17.5. The highest BCUT2D eigenvalue weighted by atomic mass is 19.1. The normalized spacial score (nSPS) is 21.3. The highest BCUT2D eigenvalue weighted by Crippen LogP contribution is 2.49. The van der Waals surface area contributed by atoms with E-state index in [9.17, 15) is 9.18 Å². The topological polar surface area (TPSA) is 42.4 Å². The Hall–Kier alpha value is -2.95. The zero-order valence-electron chi connectivity index (χ0n) is 17.5. The number of hydrogen-bond donors (Lipinski definition) is 0. The molecule has 152 valence electrons. The standard InChI is InChI=1S/C25H23FN2O2/c1-12-14-6-5-7-15-16-10-28-13(2)17-11-30-24(29)25(3,4)18(17)8-21(28)23(16)27-20(22(14)15)9-19(12)26/h8-9H,2,5-7,10-11H2,1,3-4H3. The number of halogens is 1. The summed E-state index contributed by atoms with van der Waals surface area (Å²) < 4.78 is 20.1. The summed E-state index contributed by atoms with van der Waals surface area (Å²) in [6, 6.07) is 1.58. The van der Waals surface area contributed by atoms with Crippen LogP contribution in [0, 0.1) is 18.2 Å². The molecule has 30 heavy (non-hydrogen) atoms. The fourth-order valence-corrected chi connectivity index (χ4v) is 5.55. The second-order valence-electron chi connectivity index (χ2n) is 9.28. The number of rotatable bonds is 0. The molecule has 0 saturated carbocycles. The number of esters is 1. The van der Waals surface area contributed by atoms with Gasteiger partial charge in [0.1, 0.15) is 12.4 Å². The van der Waals surface area contributed by atoms with E-state index in [4.69, 9.17) is 9.72 Å². The van der Waals surface area contributed by atoms with E-state index in [-0.39, 0.29) is 18.4 Å². The molecule has 4 nitrogen and oxygen atoms in total. The molecule has 0 radical (unpaired) electrons. The molecule has 3 aliphatic heterocycles. The fraction of sp³-hybridized carbons (Fsp3) is 0.360. The molecule has 5 heteroatoms. The quantitative estimate of drug-likeness (QED) is 0.597. The van der Waals surface area contributed by atoms with Crippen molar-refractivity contribution in [2.24, 2.45) is 5.41 Å². The van der Waals surface area contributed by atoms with Crippen LogP contribution in [-0.4, -0.2) is 22.5 Å². The zero-order chi connectivity index (χ0) is 20.9. The van der Waals surface area contributed by atoms with Crippen molar-refractivity contribution in [3.05, 3.63) is 69.3 Å². The first kappa shape index (κ1) is 17.9. The summed E-state index contributed by atoms with van der Waals surface area (Å²) >= 11 is 0. The van der Waals surface area contributed by atoms with Gasteiger partial charge in [-0.3, -0.25) is 4.79 Å². The molecule has 4 aliphatic rings. The molecule has 0 saturated heterocycles. The molecule has 0 spiro atoms. The molecule has 1 aliphatic carbocycles. The van der Waals surface area contributed by atoms with Gasteiger partial charge in [-0.2, -0.15) is 0 Å². The monoisotopic (exact) mass is 402 g/mol. The van der Waals surface area contributed by atoms with Crippen LogP contribution in [0.5, 0.6) is 0 Å². The summed E-state index contributed by atoms with van der Waals surface area (Å²) in [6.45, 7) is 11.0. The maximum Gasteiger partial charge on any atom is 0.316 e. The summed E-state index contributed by atoms with van der Waals surface area (Å²) in [7, 11) is 0. The van der Waals surface area contributed by atoms with E-state index in [1.165, 1.54) is 11.1 Å². The van der Waals surface area contributed by atoms with Gasteiger partial charge >= 0.3 is 5.97 Å². The molecule has 0 atom stereocenters. The molecule has 0 unspecified atom stereocenters. The average molecular weight is 402 g/mol. The second kappa shape index (κ2) is 5.60. The Morgan fingerprint density at radius 1 is 1.23 bits per heavy atom. The van der Waals surface area contributed by atoms with Gasteiger partial charge in [0.2, 0.25) is 0 Å². The van der Waals surface area contributed by atoms with Crippen LogP contribution in [0.4, 0.5) is 4.39 Å². The number of allylic oxidation sites excluding steroid dienone is 1. The van der Waals surface area contributed by atoms with Gasteiger partial charge in [0.25, 0.3) is 0 Å². The first-order valence-electron chi connectivity index (χ1n) is 10.5. The number of aryl methyl sites for hydroxylation is 2. The van der Waals surface area contributed by atoms with Crippen LogP contribution in [0.2, 0.25) is 0 Å². The van der Waals surface area contributed by atoms with Crippen molar-refractivity contribution in [1.29, 1.82) is 0 Å². The van der Waals surface area contributed by atoms with E-state index in [2.05, 4.69) is 17.6 Å². The van der Waals surface area contributed by atoms with Gasteiger partial charge in [0.15, 0.2) is 0 Å². The lowest BCUT2D eigenvalue weighted by atomic mass is 9.77. The number of pyridine rings is 1. The van der Waals surface area contributed by atoms with Crippen molar-refractivity contribution in [2.75, 3.05) is 6.61 Å². The van der Waals surface area contributed by atoms with Crippen LogP contribution in [0.15, 0.2) is 35.6 Å². The Morgan fingerprint density at radius 3 is 2.80 bits per heavy atom. The molecule has 0 bridgehead atoms. The smallest absolute Gasteiger partial charge is 0.316 e. The summed E-state index contributed by atoms with van der Waals surface area (Å²) in [5.74, 6) is -0.405. The minimum absolute atomic E-state index is 0.184. The minimum atomic E-state index is -0.736. The largest absolute Gasteiger partial charge is 0.460 e. The number of carbonyl (C=O) groups excluding carboxylic acids is 1. The number of carbonyl (C=O) groups is 1. The molecule has 0 fully saturated rings. The van der Waals surface area contributed by atoms with Gasteiger partial charge in [0.05, 0.1) is 28.9 Å². The average Bonchev–Trinajstić information content (AvgIpc) is 3.09. The van der Waals surface area contributed by atoms with E-state index in [0.29, 0.717) is 6.54 Å². The lowest BCUT2D eigenvalue weighted by Gasteiger charge is -2.38. The number of hydrogen-bond acceptors (Lipinski definition) is 4. The lowest BCUT2D eigenvalue weighted by molar-refractivity contribution is -0.152. The third-order valence-electron chi connectivity index (χ3n) is 7.33. The van der Waals surface area contributed by atoms with Crippen molar-refractivity contribution in [2.45, 2.75) is 46.6 Å². The third kappa shape index (κ3) is 2.05. The van der Waals surface area contributed by atoms with Gasteiger partial charge in [0, 0.05) is 28.3 Å². The SMILES string of the molecule is C=C1C2=C(C=C3c4nc5cc(F)c(C)c6c5c(c4CN13)CCC6)C(C)(C)C(=O)OC2. The number of fused-ring (bicyclic) bond motifs is 4. The summed E-state index contributed by atoms with van der Waals surface area (Å²) in [5.41, 5.74) is 9.03. The molecule has 1 aromatic carbocycles. The number of cyclic esters (lactones) is 1. The van der Waals surface area contributed by atoms with Gasteiger partial charge in [-0.25, -0.2) is 9.37 Å². The highest BCUT2D eigenvalue weighted by molar-refractivity contribution is 5.93. The fourth-order valence-electron chi connectivity index (χ4n) is 5.55. The van der Waals surface area contributed by atoms with E-state index >= 15 is 0 Å². The van der Waals surface area contributed by atoms with Crippen molar-refractivity contribution in [3.63, 3.8) is 0 Å². The molecular formula is C25H23FN2O2. The van der Waals surface area contributed by atoms with Gasteiger partial charge in [-0.05, 0) is 68.4 Å². The maximum atomic E-state index is 14.6.